The van der Waals surface area contributed by atoms with Crippen molar-refractivity contribution in [3.05, 3.63) is 71.8 Å². The molecular weight excluding hydrogens is 254 g/mol. The number of benzene rings is 2. The number of hydrogen-bond acceptors (Lipinski definition) is 1. The van der Waals surface area contributed by atoms with Gasteiger partial charge in [0.05, 0.1) is 0 Å². The molecule has 0 aliphatic carbocycles. The fourth-order valence-electron chi connectivity index (χ4n) is 2.71. The molecule has 0 saturated heterocycles. The summed E-state index contributed by atoms with van der Waals surface area (Å²) in [5.41, 5.74) is 3.01. The second-order valence-electron chi connectivity index (χ2n) is 7.03. The predicted octanol–water partition coefficient (Wildman–Crippen LogP) is 5.51. The zero-order valence-corrected chi connectivity index (χ0v) is 13.6. The van der Waals surface area contributed by atoms with Gasteiger partial charge < -0.3 is 5.32 Å². The molecule has 0 bridgehead atoms. The van der Waals surface area contributed by atoms with Gasteiger partial charge in [-0.25, -0.2) is 0 Å². The summed E-state index contributed by atoms with van der Waals surface area (Å²) in [5.74, 6) is 0. The average Bonchev–Trinajstić information content (AvgIpc) is 2.47. The Morgan fingerprint density at radius 2 is 1.29 bits per heavy atom. The standard InChI is InChI=1S/C20H27N/c1-16(17-11-7-5-8-12-17)21-19(15-20(2,3)4)18-13-9-6-10-14-18/h5-14,16,19,21H,15H2,1-4H3/t16-,19?/m1/s1. The van der Waals surface area contributed by atoms with E-state index in [-0.39, 0.29) is 0 Å². The van der Waals surface area contributed by atoms with E-state index in [2.05, 4.69) is 93.7 Å². The van der Waals surface area contributed by atoms with Crippen molar-refractivity contribution in [1.29, 1.82) is 0 Å². The fraction of sp³-hybridized carbons (Fsp3) is 0.400. The van der Waals surface area contributed by atoms with Crippen molar-refractivity contribution in [1.82, 2.24) is 5.32 Å². The van der Waals surface area contributed by atoms with E-state index < -0.39 is 0 Å². The zero-order valence-electron chi connectivity index (χ0n) is 13.6. The predicted molar refractivity (Wildman–Crippen MR) is 91.2 cm³/mol. The third-order valence-electron chi connectivity index (χ3n) is 3.77. The molecule has 0 fully saturated rings. The molecule has 0 aliphatic heterocycles. The van der Waals surface area contributed by atoms with Crippen LogP contribution in [0.5, 0.6) is 0 Å². The summed E-state index contributed by atoms with van der Waals surface area (Å²) in [5, 5.41) is 3.81. The lowest BCUT2D eigenvalue weighted by molar-refractivity contribution is 0.297. The quantitative estimate of drug-likeness (QED) is 0.761. The van der Waals surface area contributed by atoms with Crippen LogP contribution in [0, 0.1) is 5.41 Å². The molecule has 2 aromatic rings. The van der Waals surface area contributed by atoms with Crippen molar-refractivity contribution in [3.8, 4) is 0 Å². The van der Waals surface area contributed by atoms with Crippen molar-refractivity contribution in [2.24, 2.45) is 5.41 Å². The maximum atomic E-state index is 3.81. The highest BCUT2D eigenvalue weighted by molar-refractivity contribution is 5.22. The number of nitrogens with one attached hydrogen (secondary N) is 1. The zero-order chi connectivity index (χ0) is 15.3. The van der Waals surface area contributed by atoms with Gasteiger partial charge in [0.2, 0.25) is 0 Å². The molecule has 0 radical (unpaired) electrons. The number of rotatable bonds is 5. The van der Waals surface area contributed by atoms with Gasteiger partial charge in [-0.3, -0.25) is 0 Å². The lowest BCUT2D eigenvalue weighted by Crippen LogP contribution is -2.28. The third-order valence-corrected chi connectivity index (χ3v) is 3.77. The van der Waals surface area contributed by atoms with Gasteiger partial charge in [0.1, 0.15) is 0 Å². The Morgan fingerprint density at radius 1 is 0.810 bits per heavy atom. The van der Waals surface area contributed by atoms with Gasteiger partial charge in [-0.05, 0) is 29.9 Å². The molecule has 21 heavy (non-hydrogen) atoms. The summed E-state index contributed by atoms with van der Waals surface area (Å²) < 4.78 is 0. The van der Waals surface area contributed by atoms with Crippen LogP contribution in [-0.4, -0.2) is 0 Å². The molecule has 1 N–H and O–H groups in total. The molecule has 2 atom stereocenters. The summed E-state index contributed by atoms with van der Waals surface area (Å²) in [6.45, 7) is 9.15. The highest BCUT2D eigenvalue weighted by Gasteiger charge is 2.21. The maximum Gasteiger partial charge on any atom is 0.0330 e. The second-order valence-corrected chi connectivity index (χ2v) is 7.03. The number of hydrogen-bond donors (Lipinski definition) is 1. The summed E-state index contributed by atoms with van der Waals surface area (Å²) >= 11 is 0. The molecule has 0 aliphatic rings. The van der Waals surface area contributed by atoms with Gasteiger partial charge in [-0.2, -0.15) is 0 Å². The Kier molecular flexibility index (Phi) is 5.19. The van der Waals surface area contributed by atoms with E-state index in [1.54, 1.807) is 0 Å². The van der Waals surface area contributed by atoms with E-state index in [0.717, 1.165) is 6.42 Å². The van der Waals surface area contributed by atoms with Crippen LogP contribution in [0.3, 0.4) is 0 Å². The largest absolute Gasteiger partial charge is 0.303 e. The van der Waals surface area contributed by atoms with Gasteiger partial charge in [0.15, 0.2) is 0 Å². The van der Waals surface area contributed by atoms with E-state index in [0.29, 0.717) is 17.5 Å². The van der Waals surface area contributed by atoms with Crippen molar-refractivity contribution in [3.63, 3.8) is 0 Å². The van der Waals surface area contributed by atoms with Crippen molar-refractivity contribution in [2.75, 3.05) is 0 Å². The van der Waals surface area contributed by atoms with Crippen LogP contribution in [0.15, 0.2) is 60.7 Å². The first kappa shape index (κ1) is 15.8. The minimum Gasteiger partial charge on any atom is -0.303 e. The van der Waals surface area contributed by atoms with Crippen LogP contribution < -0.4 is 5.32 Å². The Bertz CT molecular complexity index is 525. The van der Waals surface area contributed by atoms with Gasteiger partial charge >= 0.3 is 0 Å². The van der Waals surface area contributed by atoms with E-state index in [9.17, 15) is 0 Å². The minimum absolute atomic E-state index is 0.296. The van der Waals surface area contributed by atoms with Gasteiger partial charge in [-0.1, -0.05) is 81.4 Å². The van der Waals surface area contributed by atoms with E-state index >= 15 is 0 Å². The molecule has 0 spiro atoms. The Balaban J connectivity index is 2.16. The second kappa shape index (κ2) is 6.91. The van der Waals surface area contributed by atoms with Crippen LogP contribution in [-0.2, 0) is 0 Å². The minimum atomic E-state index is 0.296. The monoisotopic (exact) mass is 281 g/mol. The first-order valence-electron chi connectivity index (χ1n) is 7.82. The fourth-order valence-corrected chi connectivity index (χ4v) is 2.71. The molecule has 0 amide bonds. The van der Waals surface area contributed by atoms with E-state index in [4.69, 9.17) is 0 Å². The highest BCUT2D eigenvalue weighted by Crippen LogP contribution is 2.31. The summed E-state index contributed by atoms with van der Waals surface area (Å²) in [4.78, 5) is 0. The summed E-state index contributed by atoms with van der Waals surface area (Å²) in [6, 6.07) is 22.2. The van der Waals surface area contributed by atoms with Crippen LogP contribution >= 0.6 is 0 Å². The third kappa shape index (κ3) is 5.02. The van der Waals surface area contributed by atoms with E-state index in [1.165, 1.54) is 11.1 Å². The first-order valence-corrected chi connectivity index (χ1v) is 7.82. The maximum absolute atomic E-state index is 3.81. The molecule has 0 heterocycles. The summed E-state index contributed by atoms with van der Waals surface area (Å²) in [7, 11) is 0. The van der Waals surface area contributed by atoms with Crippen LogP contribution in [0.1, 0.15) is 57.3 Å². The molecular formula is C20H27N. The average molecular weight is 281 g/mol. The van der Waals surface area contributed by atoms with Crippen molar-refractivity contribution in [2.45, 2.75) is 46.2 Å². The van der Waals surface area contributed by atoms with Crippen LogP contribution in [0.25, 0.3) is 0 Å². The summed E-state index contributed by atoms with van der Waals surface area (Å²) in [6.07, 6.45) is 1.12. The first-order chi connectivity index (χ1) is 9.96. The van der Waals surface area contributed by atoms with Crippen molar-refractivity contribution < 1.29 is 0 Å². The Hall–Kier alpha value is -1.60. The smallest absolute Gasteiger partial charge is 0.0330 e. The SMILES string of the molecule is C[C@@H](NC(CC(C)(C)C)c1ccccc1)c1ccccc1. The van der Waals surface area contributed by atoms with Gasteiger partial charge in [0.25, 0.3) is 0 Å². The lowest BCUT2D eigenvalue weighted by atomic mass is 9.85. The molecule has 2 aromatic carbocycles. The lowest BCUT2D eigenvalue weighted by Gasteiger charge is -2.30. The highest BCUT2D eigenvalue weighted by atomic mass is 14.9. The molecule has 0 saturated carbocycles. The Labute approximate surface area is 129 Å². The molecule has 1 nitrogen and oxygen atoms in total. The van der Waals surface area contributed by atoms with Crippen LogP contribution in [0.4, 0.5) is 0 Å². The van der Waals surface area contributed by atoms with Gasteiger partial charge in [0, 0.05) is 12.1 Å². The van der Waals surface area contributed by atoms with Crippen LogP contribution in [0.2, 0.25) is 0 Å². The topological polar surface area (TPSA) is 12.0 Å². The Morgan fingerprint density at radius 3 is 1.76 bits per heavy atom. The molecule has 2 rings (SSSR count). The normalized spacial score (nSPS) is 14.7. The van der Waals surface area contributed by atoms with Crippen molar-refractivity contribution >= 4 is 0 Å². The molecule has 0 aromatic heterocycles. The molecule has 1 heteroatoms. The molecule has 1 unspecified atom stereocenters. The van der Waals surface area contributed by atoms with E-state index in [1.807, 2.05) is 0 Å². The molecule has 112 valence electrons. The van der Waals surface area contributed by atoms with Gasteiger partial charge in [-0.15, -0.1) is 0 Å².